The van der Waals surface area contributed by atoms with Crippen LogP contribution < -0.4 is 5.32 Å². The summed E-state index contributed by atoms with van der Waals surface area (Å²) < 4.78 is 19.8. The van der Waals surface area contributed by atoms with Crippen LogP contribution in [0.1, 0.15) is 21.5 Å². The quantitative estimate of drug-likeness (QED) is 0.472. The van der Waals surface area contributed by atoms with Crippen LogP contribution in [0.3, 0.4) is 0 Å². The van der Waals surface area contributed by atoms with E-state index in [1.54, 1.807) is 24.3 Å². The van der Waals surface area contributed by atoms with Gasteiger partial charge >= 0.3 is 0 Å². The van der Waals surface area contributed by atoms with E-state index >= 15 is 0 Å². The number of nitrogens with zero attached hydrogens (tertiary/aromatic N) is 2. The smallest absolute Gasteiger partial charge is 0.258 e. The minimum atomic E-state index is -0.761. The number of hydrogen-bond acceptors (Lipinski definition) is 4. The molecule has 0 aliphatic carbocycles. The number of amides is 1. The topological polar surface area (TPSA) is 78.9 Å². The fourth-order valence-corrected chi connectivity index (χ4v) is 3.00. The Balaban J connectivity index is 1.61. The largest absolute Gasteiger partial charge is 0.436 e. The number of nitriles is 1. The molecule has 0 unspecified atom stereocenters. The first-order chi connectivity index (χ1) is 13.9. The third kappa shape index (κ3) is 3.68. The highest BCUT2D eigenvalue weighted by molar-refractivity contribution is 6.31. The minimum absolute atomic E-state index is 0.145. The van der Waals surface area contributed by atoms with Crippen molar-refractivity contribution in [2.24, 2.45) is 0 Å². The van der Waals surface area contributed by atoms with Crippen molar-refractivity contribution >= 4 is 34.3 Å². The van der Waals surface area contributed by atoms with E-state index in [1.807, 2.05) is 25.1 Å². The van der Waals surface area contributed by atoms with Crippen molar-refractivity contribution in [2.75, 3.05) is 5.32 Å². The van der Waals surface area contributed by atoms with Gasteiger partial charge in [0, 0.05) is 16.3 Å². The van der Waals surface area contributed by atoms with Crippen LogP contribution in [0.4, 0.5) is 10.1 Å². The van der Waals surface area contributed by atoms with Crippen LogP contribution >= 0.6 is 11.6 Å². The van der Waals surface area contributed by atoms with Crippen molar-refractivity contribution in [1.29, 1.82) is 5.26 Å². The molecule has 0 fully saturated rings. The van der Waals surface area contributed by atoms with Gasteiger partial charge in [0.05, 0.1) is 17.2 Å². The number of carbonyl (C=O) groups excluding carboxylic acids is 1. The SMILES string of the molecule is Cc1ccc(-c2nc3cc(NC(=O)c4ccc(C#N)cc4F)ccc3o2)cc1Cl. The molecule has 0 saturated heterocycles. The Kier molecular flexibility index (Phi) is 4.75. The summed E-state index contributed by atoms with van der Waals surface area (Å²) in [5.41, 5.74) is 3.20. The Morgan fingerprint density at radius 2 is 2.00 bits per heavy atom. The molecule has 1 aromatic heterocycles. The maximum Gasteiger partial charge on any atom is 0.258 e. The Bertz CT molecular complexity index is 1310. The van der Waals surface area contributed by atoms with Crippen molar-refractivity contribution in [3.8, 4) is 17.5 Å². The van der Waals surface area contributed by atoms with E-state index < -0.39 is 11.7 Å². The monoisotopic (exact) mass is 405 g/mol. The van der Waals surface area contributed by atoms with E-state index in [9.17, 15) is 9.18 Å². The van der Waals surface area contributed by atoms with Crippen LogP contribution in [0.2, 0.25) is 5.02 Å². The summed E-state index contributed by atoms with van der Waals surface area (Å²) in [6.45, 7) is 1.91. The van der Waals surface area contributed by atoms with E-state index in [0.29, 0.717) is 27.7 Å². The molecule has 0 atom stereocenters. The minimum Gasteiger partial charge on any atom is -0.436 e. The molecule has 1 amide bonds. The summed E-state index contributed by atoms with van der Waals surface area (Å²) in [5, 5.41) is 12.0. The summed E-state index contributed by atoms with van der Waals surface area (Å²) in [6.07, 6.45) is 0. The second-order valence-electron chi connectivity index (χ2n) is 6.43. The van der Waals surface area contributed by atoms with Gasteiger partial charge in [-0.15, -0.1) is 0 Å². The van der Waals surface area contributed by atoms with E-state index in [-0.39, 0.29) is 11.1 Å². The molecule has 4 rings (SSSR count). The number of nitrogens with one attached hydrogen (secondary N) is 1. The number of anilines is 1. The van der Waals surface area contributed by atoms with Gasteiger partial charge in [-0.2, -0.15) is 5.26 Å². The number of oxazole rings is 1. The van der Waals surface area contributed by atoms with E-state index in [1.165, 1.54) is 12.1 Å². The van der Waals surface area contributed by atoms with Crippen molar-refractivity contribution < 1.29 is 13.6 Å². The van der Waals surface area contributed by atoms with Gasteiger partial charge in [-0.25, -0.2) is 9.37 Å². The van der Waals surface area contributed by atoms with E-state index in [0.717, 1.165) is 17.2 Å². The van der Waals surface area contributed by atoms with Gasteiger partial charge < -0.3 is 9.73 Å². The van der Waals surface area contributed by atoms with Gasteiger partial charge in [-0.3, -0.25) is 4.79 Å². The van der Waals surface area contributed by atoms with Crippen LogP contribution in [0.5, 0.6) is 0 Å². The molecule has 5 nitrogen and oxygen atoms in total. The second-order valence-corrected chi connectivity index (χ2v) is 6.83. The lowest BCUT2D eigenvalue weighted by Gasteiger charge is -2.06. The summed E-state index contributed by atoms with van der Waals surface area (Å²) in [7, 11) is 0. The normalized spacial score (nSPS) is 10.7. The zero-order chi connectivity index (χ0) is 20.5. The average molecular weight is 406 g/mol. The van der Waals surface area contributed by atoms with Crippen LogP contribution in [-0.2, 0) is 0 Å². The molecule has 0 radical (unpaired) electrons. The first kappa shape index (κ1) is 18.7. The maximum absolute atomic E-state index is 14.0. The standard InChI is InChI=1S/C22H13ClFN3O2/c1-12-2-4-14(9-17(12)23)22-27-19-10-15(5-7-20(19)29-22)26-21(28)16-6-3-13(11-25)8-18(16)24/h2-10H,1H3,(H,26,28). The van der Waals surface area contributed by atoms with Crippen molar-refractivity contribution in [2.45, 2.75) is 6.92 Å². The Hall–Kier alpha value is -3.69. The number of benzene rings is 3. The third-order valence-electron chi connectivity index (χ3n) is 4.41. The number of halogens is 2. The maximum atomic E-state index is 14.0. The molecular weight excluding hydrogens is 393 g/mol. The summed E-state index contributed by atoms with van der Waals surface area (Å²) in [5.74, 6) is -0.980. The summed E-state index contributed by atoms with van der Waals surface area (Å²) in [4.78, 5) is 16.8. The summed E-state index contributed by atoms with van der Waals surface area (Å²) in [6, 6.07) is 16.0. The third-order valence-corrected chi connectivity index (χ3v) is 4.81. The molecule has 4 aromatic rings. The molecule has 29 heavy (non-hydrogen) atoms. The molecular formula is C22H13ClFN3O2. The Labute approximate surface area is 170 Å². The van der Waals surface area contributed by atoms with E-state index in [4.69, 9.17) is 21.3 Å². The average Bonchev–Trinajstić information content (AvgIpc) is 3.13. The van der Waals surface area contributed by atoms with Gasteiger partial charge in [0.1, 0.15) is 11.3 Å². The zero-order valence-electron chi connectivity index (χ0n) is 15.2. The molecule has 1 heterocycles. The van der Waals surface area contributed by atoms with Gasteiger partial charge in [0.2, 0.25) is 5.89 Å². The fraction of sp³-hybridized carbons (Fsp3) is 0.0455. The molecule has 7 heteroatoms. The van der Waals surface area contributed by atoms with E-state index in [2.05, 4.69) is 10.3 Å². The lowest BCUT2D eigenvalue weighted by molar-refractivity contribution is 0.102. The molecule has 142 valence electrons. The van der Waals surface area contributed by atoms with Gasteiger partial charge in [-0.05, 0) is 61.0 Å². The molecule has 1 N–H and O–H groups in total. The fourth-order valence-electron chi connectivity index (χ4n) is 2.82. The lowest BCUT2D eigenvalue weighted by atomic mass is 10.1. The van der Waals surface area contributed by atoms with Gasteiger partial charge in [-0.1, -0.05) is 17.7 Å². The predicted molar refractivity (Wildman–Crippen MR) is 108 cm³/mol. The summed E-state index contributed by atoms with van der Waals surface area (Å²) >= 11 is 6.17. The van der Waals surface area contributed by atoms with Crippen LogP contribution in [0, 0.1) is 24.1 Å². The lowest BCUT2D eigenvalue weighted by Crippen LogP contribution is -2.13. The molecule has 0 aliphatic heterocycles. The highest BCUT2D eigenvalue weighted by Crippen LogP contribution is 2.29. The first-order valence-corrected chi connectivity index (χ1v) is 9.00. The van der Waals surface area contributed by atoms with Crippen LogP contribution in [-0.4, -0.2) is 10.9 Å². The Morgan fingerprint density at radius 3 is 2.72 bits per heavy atom. The van der Waals surface area contributed by atoms with Crippen LogP contribution in [0.25, 0.3) is 22.6 Å². The van der Waals surface area contributed by atoms with Crippen LogP contribution in [0.15, 0.2) is 59.0 Å². The number of aryl methyl sites for hydroxylation is 1. The van der Waals surface area contributed by atoms with Gasteiger partial charge in [0.15, 0.2) is 5.58 Å². The number of hydrogen-bond donors (Lipinski definition) is 1. The second kappa shape index (κ2) is 7.38. The molecule has 0 spiro atoms. The number of carbonyl (C=O) groups is 1. The van der Waals surface area contributed by atoms with Gasteiger partial charge in [0.25, 0.3) is 5.91 Å². The Morgan fingerprint density at radius 1 is 1.17 bits per heavy atom. The molecule has 0 aliphatic rings. The van der Waals surface area contributed by atoms with Crippen molar-refractivity contribution in [3.63, 3.8) is 0 Å². The number of rotatable bonds is 3. The van der Waals surface area contributed by atoms with Crippen molar-refractivity contribution in [3.05, 3.63) is 82.1 Å². The molecule has 0 bridgehead atoms. The predicted octanol–water partition coefficient (Wildman–Crippen LogP) is 5.72. The highest BCUT2D eigenvalue weighted by atomic mass is 35.5. The first-order valence-electron chi connectivity index (χ1n) is 8.63. The number of fused-ring (bicyclic) bond motifs is 1. The highest BCUT2D eigenvalue weighted by Gasteiger charge is 2.14. The zero-order valence-corrected chi connectivity index (χ0v) is 15.9. The number of aromatic nitrogens is 1. The molecule has 0 saturated carbocycles. The van der Waals surface area contributed by atoms with Crippen molar-refractivity contribution in [1.82, 2.24) is 4.98 Å². The molecule has 3 aromatic carbocycles.